The molecule has 0 spiro atoms. The number of carbonyl (C=O) groups is 1. The van der Waals surface area contributed by atoms with Gasteiger partial charge in [-0.2, -0.15) is 4.98 Å². The number of ketones is 1. The van der Waals surface area contributed by atoms with Gasteiger partial charge in [-0.1, -0.05) is 36.4 Å². The van der Waals surface area contributed by atoms with E-state index < -0.39 is 0 Å². The second kappa shape index (κ2) is 7.63. The van der Waals surface area contributed by atoms with Crippen molar-refractivity contribution in [1.29, 1.82) is 0 Å². The number of methoxy groups -OCH3 is 1. The molecule has 6 heteroatoms. The predicted octanol–water partition coefficient (Wildman–Crippen LogP) is 4.67. The zero-order valence-corrected chi connectivity index (χ0v) is 16.7. The molecule has 1 aliphatic rings. The summed E-state index contributed by atoms with van der Waals surface area (Å²) in [5, 5.41) is 7.76. The van der Waals surface area contributed by atoms with Crippen LogP contribution < -0.4 is 10.1 Å². The molecule has 1 saturated carbocycles. The van der Waals surface area contributed by atoms with Gasteiger partial charge in [-0.3, -0.25) is 4.79 Å². The number of nitrogens with zero attached hydrogens (tertiary/aromatic N) is 3. The van der Waals surface area contributed by atoms with Gasteiger partial charge < -0.3 is 10.1 Å². The molecule has 0 bridgehead atoms. The highest BCUT2D eigenvalue weighted by Gasteiger charge is 2.28. The van der Waals surface area contributed by atoms with Crippen LogP contribution in [0.4, 0.5) is 11.6 Å². The molecule has 1 fully saturated rings. The van der Waals surface area contributed by atoms with E-state index in [2.05, 4.69) is 27.5 Å². The van der Waals surface area contributed by atoms with E-state index in [-0.39, 0.29) is 0 Å². The molecule has 0 amide bonds. The second-order valence-corrected chi connectivity index (χ2v) is 7.60. The Balaban J connectivity index is 1.36. The Bertz CT molecular complexity index is 1210. The Hall–Kier alpha value is -3.67. The first-order chi connectivity index (χ1) is 14.7. The summed E-state index contributed by atoms with van der Waals surface area (Å²) in [5.74, 6) is 1.91. The third-order valence-electron chi connectivity index (χ3n) is 5.38. The topological polar surface area (TPSA) is 68.5 Å². The first-order valence-electron chi connectivity index (χ1n) is 10.1. The van der Waals surface area contributed by atoms with Gasteiger partial charge in [-0.15, -0.1) is 5.10 Å². The lowest BCUT2D eigenvalue weighted by Crippen LogP contribution is -2.04. The fourth-order valence-corrected chi connectivity index (χ4v) is 3.54. The van der Waals surface area contributed by atoms with E-state index in [0.29, 0.717) is 24.1 Å². The lowest BCUT2D eigenvalue weighted by molar-refractivity contribution is -0.119. The number of para-hydroxylation sites is 2. The van der Waals surface area contributed by atoms with Crippen molar-refractivity contribution >= 4 is 23.1 Å². The summed E-state index contributed by atoms with van der Waals surface area (Å²) in [6.07, 6.45) is 4.61. The molecule has 1 aliphatic carbocycles. The molecule has 2 aromatic carbocycles. The normalized spacial score (nSPS) is 13.4. The summed E-state index contributed by atoms with van der Waals surface area (Å²) in [6.45, 7) is 0. The number of pyridine rings is 1. The molecule has 1 N–H and O–H groups in total. The number of hydrogen-bond donors (Lipinski definition) is 1. The fourth-order valence-electron chi connectivity index (χ4n) is 3.54. The number of rotatable bonds is 7. The average molecular weight is 398 g/mol. The summed E-state index contributed by atoms with van der Waals surface area (Å²) in [4.78, 5) is 16.6. The van der Waals surface area contributed by atoms with Gasteiger partial charge in [0.1, 0.15) is 11.5 Å². The molecule has 2 aromatic heterocycles. The van der Waals surface area contributed by atoms with Crippen LogP contribution in [0.5, 0.6) is 5.75 Å². The summed E-state index contributed by atoms with van der Waals surface area (Å²) in [6, 6.07) is 19.8. The molecule has 0 saturated heterocycles. The summed E-state index contributed by atoms with van der Waals surface area (Å²) in [5.41, 5.74) is 4.75. The predicted molar refractivity (Wildman–Crippen MR) is 116 cm³/mol. The van der Waals surface area contributed by atoms with Gasteiger partial charge in [-0.25, -0.2) is 4.52 Å². The van der Waals surface area contributed by atoms with E-state index in [1.54, 1.807) is 11.6 Å². The number of fused-ring (bicyclic) bond motifs is 1. The van der Waals surface area contributed by atoms with Crippen LogP contribution in [0.3, 0.4) is 0 Å². The minimum absolute atomic E-state index is 0.304. The van der Waals surface area contributed by atoms with Gasteiger partial charge in [0, 0.05) is 24.1 Å². The lowest BCUT2D eigenvalue weighted by atomic mass is 10.0. The second-order valence-electron chi connectivity index (χ2n) is 7.60. The molecule has 0 aliphatic heterocycles. The zero-order chi connectivity index (χ0) is 20.5. The summed E-state index contributed by atoms with van der Waals surface area (Å²) in [7, 11) is 1.64. The number of carbonyl (C=O) groups excluding carboxylic acids is 1. The number of Topliss-reactive ketones (excluding diaryl/α,β-unsaturated/α-hetero) is 1. The van der Waals surface area contributed by atoms with Crippen molar-refractivity contribution in [3.8, 4) is 16.9 Å². The van der Waals surface area contributed by atoms with Crippen LogP contribution >= 0.6 is 0 Å². The zero-order valence-electron chi connectivity index (χ0n) is 16.7. The molecule has 2 heterocycles. The first kappa shape index (κ1) is 18.4. The van der Waals surface area contributed by atoms with Crippen molar-refractivity contribution in [3.63, 3.8) is 0 Å². The molecule has 0 atom stereocenters. The van der Waals surface area contributed by atoms with Gasteiger partial charge >= 0.3 is 0 Å². The van der Waals surface area contributed by atoms with Gasteiger partial charge in [0.25, 0.3) is 0 Å². The van der Waals surface area contributed by atoms with Crippen LogP contribution in [0.2, 0.25) is 0 Å². The number of anilines is 2. The van der Waals surface area contributed by atoms with Crippen LogP contribution in [0.25, 0.3) is 16.8 Å². The average Bonchev–Trinajstić information content (AvgIpc) is 3.55. The Morgan fingerprint density at radius 2 is 1.83 bits per heavy atom. The van der Waals surface area contributed by atoms with Gasteiger partial charge in [0.15, 0.2) is 5.65 Å². The summed E-state index contributed by atoms with van der Waals surface area (Å²) < 4.78 is 7.13. The maximum absolute atomic E-state index is 12.0. The third-order valence-corrected chi connectivity index (χ3v) is 5.38. The van der Waals surface area contributed by atoms with E-state index >= 15 is 0 Å². The standard InChI is InChI=1S/C24H22N4O2/c1-30-22-5-3-2-4-20(22)25-24-26-23-13-12-19(15-28(23)27-24)17-8-6-16(7-9-17)14-21(29)18-10-11-18/h2-9,12-13,15,18H,10-11,14H2,1H3,(H,25,27). The number of aromatic nitrogens is 3. The van der Waals surface area contributed by atoms with Gasteiger partial charge in [-0.05, 0) is 48.2 Å². The molecular formula is C24H22N4O2. The van der Waals surface area contributed by atoms with Crippen molar-refractivity contribution in [3.05, 3.63) is 72.4 Å². The number of nitrogens with one attached hydrogen (secondary N) is 1. The Morgan fingerprint density at radius 1 is 1.07 bits per heavy atom. The van der Waals surface area contributed by atoms with Crippen molar-refractivity contribution in [2.45, 2.75) is 19.3 Å². The smallest absolute Gasteiger partial charge is 0.247 e. The van der Waals surface area contributed by atoms with E-state index in [1.165, 1.54) is 0 Å². The maximum Gasteiger partial charge on any atom is 0.247 e. The van der Waals surface area contributed by atoms with Crippen molar-refractivity contribution in [2.75, 3.05) is 12.4 Å². The summed E-state index contributed by atoms with van der Waals surface area (Å²) >= 11 is 0. The van der Waals surface area contributed by atoms with Crippen LogP contribution in [0.15, 0.2) is 66.9 Å². The largest absolute Gasteiger partial charge is 0.495 e. The van der Waals surface area contributed by atoms with Crippen LogP contribution in [0, 0.1) is 5.92 Å². The Morgan fingerprint density at radius 3 is 2.60 bits per heavy atom. The van der Waals surface area contributed by atoms with Crippen LogP contribution in [-0.4, -0.2) is 27.5 Å². The van der Waals surface area contributed by atoms with Crippen molar-refractivity contribution in [2.24, 2.45) is 5.92 Å². The quantitative estimate of drug-likeness (QED) is 0.490. The Labute approximate surface area is 174 Å². The first-order valence-corrected chi connectivity index (χ1v) is 10.1. The van der Waals surface area contributed by atoms with E-state index in [0.717, 1.165) is 46.6 Å². The van der Waals surface area contributed by atoms with Crippen LogP contribution in [0.1, 0.15) is 18.4 Å². The van der Waals surface area contributed by atoms with Gasteiger partial charge in [0.2, 0.25) is 5.95 Å². The molecule has 6 nitrogen and oxygen atoms in total. The molecule has 30 heavy (non-hydrogen) atoms. The highest BCUT2D eigenvalue weighted by molar-refractivity contribution is 5.85. The van der Waals surface area contributed by atoms with Crippen molar-refractivity contribution < 1.29 is 9.53 Å². The molecule has 0 radical (unpaired) electrons. The number of ether oxygens (including phenoxy) is 1. The van der Waals surface area contributed by atoms with Crippen molar-refractivity contribution in [1.82, 2.24) is 14.6 Å². The number of benzene rings is 2. The minimum atomic E-state index is 0.304. The highest BCUT2D eigenvalue weighted by Crippen LogP contribution is 2.31. The lowest BCUT2D eigenvalue weighted by Gasteiger charge is -2.07. The molecule has 150 valence electrons. The molecule has 0 unspecified atom stereocenters. The third kappa shape index (κ3) is 3.76. The Kier molecular flexibility index (Phi) is 4.67. The highest BCUT2D eigenvalue weighted by atomic mass is 16.5. The maximum atomic E-state index is 12.0. The van der Waals surface area contributed by atoms with Gasteiger partial charge in [0.05, 0.1) is 12.8 Å². The number of hydrogen-bond acceptors (Lipinski definition) is 5. The molecule has 4 aromatic rings. The molecular weight excluding hydrogens is 376 g/mol. The molecule has 5 rings (SSSR count). The van der Waals surface area contributed by atoms with E-state index in [1.807, 2.05) is 54.7 Å². The monoisotopic (exact) mass is 398 g/mol. The van der Waals surface area contributed by atoms with E-state index in [4.69, 9.17) is 4.74 Å². The fraction of sp³-hybridized carbons (Fsp3) is 0.208. The minimum Gasteiger partial charge on any atom is -0.495 e. The van der Waals surface area contributed by atoms with Crippen LogP contribution in [-0.2, 0) is 11.2 Å². The van der Waals surface area contributed by atoms with E-state index in [9.17, 15) is 4.79 Å². The SMILES string of the molecule is COc1ccccc1Nc1nc2ccc(-c3ccc(CC(=O)C4CC4)cc3)cn2n1.